The van der Waals surface area contributed by atoms with Crippen LogP contribution in [-0.2, 0) is 7.05 Å². The normalized spacial score (nSPS) is 13.1. The maximum atomic E-state index is 6.18. The van der Waals surface area contributed by atoms with Gasteiger partial charge in [0, 0.05) is 18.6 Å². The van der Waals surface area contributed by atoms with Gasteiger partial charge < -0.3 is 10.2 Å². The monoisotopic (exact) mass is 261 g/mol. The predicted octanol–water partition coefficient (Wildman–Crippen LogP) is 2.87. The molecule has 0 fully saturated rings. The lowest BCUT2D eigenvalue weighted by atomic mass is 10.1. The van der Waals surface area contributed by atoms with Crippen molar-refractivity contribution in [2.75, 3.05) is 0 Å². The molecule has 0 spiro atoms. The summed E-state index contributed by atoms with van der Waals surface area (Å²) >= 11 is 6.11. The van der Waals surface area contributed by atoms with Crippen molar-refractivity contribution in [3.05, 3.63) is 53.0 Å². The Morgan fingerprint density at radius 3 is 2.89 bits per heavy atom. The molecule has 0 bridgehead atoms. The first kappa shape index (κ1) is 11.3. The SMILES string of the molecule is Cn1nccc1C(N)c1cc2c(Cl)cccc2o1. The zero-order valence-electron chi connectivity index (χ0n) is 9.80. The molecule has 2 aromatic heterocycles. The van der Waals surface area contributed by atoms with Gasteiger partial charge >= 0.3 is 0 Å². The second kappa shape index (κ2) is 4.15. The van der Waals surface area contributed by atoms with E-state index in [1.54, 1.807) is 10.9 Å². The molecule has 92 valence electrons. The number of nitrogens with zero attached hydrogens (tertiary/aromatic N) is 2. The van der Waals surface area contributed by atoms with Gasteiger partial charge in [-0.05, 0) is 24.3 Å². The number of rotatable bonds is 2. The molecule has 0 saturated carbocycles. The predicted molar refractivity (Wildman–Crippen MR) is 70.5 cm³/mol. The molecule has 0 aliphatic carbocycles. The fraction of sp³-hybridized carbons (Fsp3) is 0.154. The minimum atomic E-state index is -0.346. The maximum Gasteiger partial charge on any atom is 0.135 e. The zero-order chi connectivity index (χ0) is 12.7. The highest BCUT2D eigenvalue weighted by Crippen LogP contribution is 2.30. The van der Waals surface area contributed by atoms with E-state index in [-0.39, 0.29) is 6.04 Å². The number of aryl methyl sites for hydroxylation is 1. The molecule has 2 N–H and O–H groups in total. The molecule has 1 unspecified atom stereocenters. The molecule has 0 aliphatic heterocycles. The van der Waals surface area contributed by atoms with Crippen molar-refractivity contribution in [3.63, 3.8) is 0 Å². The van der Waals surface area contributed by atoms with Crippen LogP contribution in [0.5, 0.6) is 0 Å². The highest BCUT2D eigenvalue weighted by Gasteiger charge is 2.17. The summed E-state index contributed by atoms with van der Waals surface area (Å²) in [7, 11) is 1.85. The Morgan fingerprint density at radius 2 is 2.22 bits per heavy atom. The summed E-state index contributed by atoms with van der Waals surface area (Å²) in [4.78, 5) is 0. The van der Waals surface area contributed by atoms with E-state index in [1.165, 1.54) is 0 Å². The Kier molecular flexibility index (Phi) is 2.61. The van der Waals surface area contributed by atoms with Crippen LogP contribution in [0.25, 0.3) is 11.0 Å². The molecule has 2 heterocycles. The second-order valence-corrected chi connectivity index (χ2v) is 4.56. The maximum absolute atomic E-state index is 6.18. The molecular formula is C13H12ClN3O. The minimum Gasteiger partial charge on any atom is -0.459 e. The van der Waals surface area contributed by atoms with E-state index < -0.39 is 0 Å². The lowest BCUT2D eigenvalue weighted by Gasteiger charge is -2.08. The molecule has 4 nitrogen and oxygen atoms in total. The summed E-state index contributed by atoms with van der Waals surface area (Å²) in [5.41, 5.74) is 7.82. The molecule has 0 aliphatic rings. The molecule has 0 amide bonds. The first-order valence-electron chi connectivity index (χ1n) is 5.58. The van der Waals surface area contributed by atoms with Crippen molar-refractivity contribution in [1.82, 2.24) is 9.78 Å². The summed E-state index contributed by atoms with van der Waals surface area (Å²) in [5, 5.41) is 5.65. The fourth-order valence-corrected chi connectivity index (χ4v) is 2.25. The van der Waals surface area contributed by atoms with Gasteiger partial charge in [-0.15, -0.1) is 0 Å². The molecule has 18 heavy (non-hydrogen) atoms. The first-order chi connectivity index (χ1) is 8.66. The second-order valence-electron chi connectivity index (χ2n) is 4.16. The zero-order valence-corrected chi connectivity index (χ0v) is 10.6. The quantitative estimate of drug-likeness (QED) is 0.772. The summed E-state index contributed by atoms with van der Waals surface area (Å²) in [6, 6.07) is 8.97. The third-order valence-corrected chi connectivity index (χ3v) is 3.34. The minimum absolute atomic E-state index is 0.346. The number of hydrogen-bond donors (Lipinski definition) is 1. The van der Waals surface area contributed by atoms with Crippen molar-refractivity contribution in [2.24, 2.45) is 12.8 Å². The van der Waals surface area contributed by atoms with Crippen LogP contribution < -0.4 is 5.73 Å². The molecule has 3 aromatic rings. The Balaban J connectivity index is 2.10. The number of benzene rings is 1. The van der Waals surface area contributed by atoms with Gasteiger partial charge in [0.2, 0.25) is 0 Å². The molecule has 3 rings (SSSR count). The van der Waals surface area contributed by atoms with E-state index in [1.807, 2.05) is 37.4 Å². The topological polar surface area (TPSA) is 57.0 Å². The lowest BCUT2D eigenvalue weighted by Crippen LogP contribution is -2.15. The van der Waals surface area contributed by atoms with E-state index in [2.05, 4.69) is 5.10 Å². The van der Waals surface area contributed by atoms with Gasteiger partial charge in [-0.1, -0.05) is 17.7 Å². The number of halogens is 1. The van der Waals surface area contributed by atoms with Gasteiger partial charge in [-0.3, -0.25) is 4.68 Å². The van der Waals surface area contributed by atoms with E-state index in [0.29, 0.717) is 10.8 Å². The fourth-order valence-electron chi connectivity index (χ4n) is 2.03. The van der Waals surface area contributed by atoms with Crippen molar-refractivity contribution in [3.8, 4) is 0 Å². The van der Waals surface area contributed by atoms with Crippen LogP contribution in [0.4, 0.5) is 0 Å². The van der Waals surface area contributed by atoms with Crippen LogP contribution in [0.15, 0.2) is 40.9 Å². The first-order valence-corrected chi connectivity index (χ1v) is 5.96. The average molecular weight is 262 g/mol. The van der Waals surface area contributed by atoms with E-state index in [9.17, 15) is 0 Å². The highest BCUT2D eigenvalue weighted by molar-refractivity contribution is 6.35. The van der Waals surface area contributed by atoms with Crippen LogP contribution in [-0.4, -0.2) is 9.78 Å². The van der Waals surface area contributed by atoms with Crippen LogP contribution in [0.2, 0.25) is 5.02 Å². The Labute approximate surface area is 109 Å². The number of fused-ring (bicyclic) bond motifs is 1. The third kappa shape index (κ3) is 1.70. The largest absolute Gasteiger partial charge is 0.459 e. The van der Waals surface area contributed by atoms with Gasteiger partial charge in [-0.25, -0.2) is 0 Å². The van der Waals surface area contributed by atoms with E-state index in [4.69, 9.17) is 21.8 Å². The standard InChI is InChI=1S/C13H12ClN3O/c1-17-10(5-6-16-17)13(15)12-7-8-9(14)3-2-4-11(8)18-12/h2-7,13H,15H2,1H3. The van der Waals surface area contributed by atoms with Crippen LogP contribution in [0.3, 0.4) is 0 Å². The molecule has 1 aromatic carbocycles. The van der Waals surface area contributed by atoms with Crippen molar-refractivity contribution in [1.29, 1.82) is 0 Å². The van der Waals surface area contributed by atoms with Crippen LogP contribution >= 0.6 is 11.6 Å². The van der Waals surface area contributed by atoms with Crippen LogP contribution in [0.1, 0.15) is 17.5 Å². The summed E-state index contributed by atoms with van der Waals surface area (Å²) in [5.74, 6) is 0.682. The molecule has 0 saturated heterocycles. The summed E-state index contributed by atoms with van der Waals surface area (Å²) < 4.78 is 7.47. The Hall–Kier alpha value is -1.78. The van der Waals surface area contributed by atoms with Gasteiger partial charge in [-0.2, -0.15) is 5.10 Å². The van der Waals surface area contributed by atoms with Gasteiger partial charge in [0.15, 0.2) is 0 Å². The molecule has 0 radical (unpaired) electrons. The van der Waals surface area contributed by atoms with Gasteiger partial charge in [0.05, 0.1) is 10.7 Å². The van der Waals surface area contributed by atoms with Crippen molar-refractivity contribution in [2.45, 2.75) is 6.04 Å². The van der Waals surface area contributed by atoms with Crippen LogP contribution in [0, 0.1) is 0 Å². The molecular weight excluding hydrogens is 250 g/mol. The summed E-state index contributed by atoms with van der Waals surface area (Å²) in [6.45, 7) is 0. The average Bonchev–Trinajstić information content (AvgIpc) is 2.95. The molecule has 5 heteroatoms. The lowest BCUT2D eigenvalue weighted by molar-refractivity contribution is 0.509. The smallest absolute Gasteiger partial charge is 0.135 e. The third-order valence-electron chi connectivity index (χ3n) is 3.01. The molecule has 1 atom stereocenters. The highest BCUT2D eigenvalue weighted by atomic mass is 35.5. The van der Waals surface area contributed by atoms with Crippen molar-refractivity contribution < 1.29 is 4.42 Å². The summed E-state index contributed by atoms with van der Waals surface area (Å²) in [6.07, 6.45) is 1.71. The Morgan fingerprint density at radius 1 is 1.39 bits per heavy atom. The number of aromatic nitrogens is 2. The number of hydrogen-bond acceptors (Lipinski definition) is 3. The van der Waals surface area contributed by atoms with E-state index in [0.717, 1.165) is 16.7 Å². The van der Waals surface area contributed by atoms with Gasteiger partial charge in [0.25, 0.3) is 0 Å². The van der Waals surface area contributed by atoms with Crippen molar-refractivity contribution >= 4 is 22.6 Å². The van der Waals surface area contributed by atoms with Gasteiger partial charge in [0.1, 0.15) is 17.4 Å². The number of furan rings is 1. The number of nitrogens with two attached hydrogens (primary N) is 1. The Bertz CT molecular complexity index is 701. The van der Waals surface area contributed by atoms with E-state index >= 15 is 0 Å².